The van der Waals surface area contributed by atoms with Gasteiger partial charge in [-0.05, 0) is 31.6 Å². The Bertz CT molecular complexity index is 521. The number of benzene rings is 1. The highest BCUT2D eigenvalue weighted by Gasteiger charge is 2.31. The molecule has 0 radical (unpaired) electrons. The minimum absolute atomic E-state index is 0.0827. The van der Waals surface area contributed by atoms with Crippen molar-refractivity contribution in [1.82, 2.24) is 0 Å². The summed E-state index contributed by atoms with van der Waals surface area (Å²) in [6.45, 7) is 3.62. The van der Waals surface area contributed by atoms with Gasteiger partial charge in [-0.15, -0.1) is 0 Å². The fourth-order valence-electron chi connectivity index (χ4n) is 1.48. The summed E-state index contributed by atoms with van der Waals surface area (Å²) in [5, 5.41) is 0. The molecule has 1 aromatic rings. The van der Waals surface area contributed by atoms with Crippen molar-refractivity contribution in [2.24, 2.45) is 0 Å². The molecule has 0 fully saturated rings. The Morgan fingerprint density at radius 1 is 1.38 bits per heavy atom. The summed E-state index contributed by atoms with van der Waals surface area (Å²) in [4.78, 5) is 11.1. The zero-order valence-corrected chi connectivity index (χ0v) is 12.0. The molecule has 0 aliphatic carbocycles. The average Bonchev–Trinajstić information content (AvgIpc) is 2.44. The lowest BCUT2D eigenvalue weighted by molar-refractivity contribution is -0.138. The largest absolute Gasteiger partial charge is 0.490 e. The highest BCUT2D eigenvalue weighted by molar-refractivity contribution is 5.87. The molecular formula is C15H17F3O3. The molecule has 1 aromatic carbocycles. The molecule has 0 saturated carbocycles. The normalized spacial score (nSPS) is 13.2. The van der Waals surface area contributed by atoms with Gasteiger partial charge in [0.15, 0.2) is 0 Å². The van der Waals surface area contributed by atoms with Gasteiger partial charge in [0.05, 0.1) is 18.8 Å². The van der Waals surface area contributed by atoms with Crippen molar-refractivity contribution in [2.45, 2.75) is 32.5 Å². The second-order valence-corrected chi connectivity index (χ2v) is 4.44. The predicted octanol–water partition coefficient (Wildman–Crippen LogP) is 4.07. The molecule has 0 saturated heterocycles. The van der Waals surface area contributed by atoms with Gasteiger partial charge in [-0.2, -0.15) is 13.2 Å². The molecule has 1 unspecified atom stereocenters. The fourth-order valence-corrected chi connectivity index (χ4v) is 1.48. The van der Waals surface area contributed by atoms with Crippen LogP contribution >= 0.6 is 0 Å². The molecule has 0 bridgehead atoms. The molecule has 6 heteroatoms. The van der Waals surface area contributed by atoms with Crippen LogP contribution < -0.4 is 4.74 Å². The number of hydrogen-bond acceptors (Lipinski definition) is 3. The number of alkyl halides is 3. The number of methoxy groups -OCH3 is 1. The van der Waals surface area contributed by atoms with E-state index in [4.69, 9.17) is 4.74 Å². The number of carbonyl (C=O) groups is 1. The maximum atomic E-state index is 12.7. The maximum Gasteiger partial charge on any atom is 0.416 e. The molecule has 1 rings (SSSR count). The fraction of sp³-hybridized carbons (Fsp3) is 0.400. The first-order chi connectivity index (χ1) is 9.77. The van der Waals surface area contributed by atoms with Crippen molar-refractivity contribution in [2.75, 3.05) is 7.11 Å². The van der Waals surface area contributed by atoms with Crippen LogP contribution in [0.25, 0.3) is 6.08 Å². The van der Waals surface area contributed by atoms with Crippen molar-refractivity contribution in [3.8, 4) is 5.75 Å². The third-order valence-corrected chi connectivity index (χ3v) is 2.84. The minimum Gasteiger partial charge on any atom is -0.490 e. The van der Waals surface area contributed by atoms with E-state index in [0.717, 1.165) is 18.2 Å². The lowest BCUT2D eigenvalue weighted by Gasteiger charge is -2.17. The molecule has 0 aliphatic rings. The topological polar surface area (TPSA) is 35.5 Å². The quantitative estimate of drug-likeness (QED) is 0.607. The first kappa shape index (κ1) is 17.1. The highest BCUT2D eigenvalue weighted by atomic mass is 19.4. The number of carbonyl (C=O) groups excluding carboxylic acids is 1. The Morgan fingerprint density at radius 3 is 2.57 bits per heavy atom. The first-order valence-corrected chi connectivity index (χ1v) is 6.41. The summed E-state index contributed by atoms with van der Waals surface area (Å²) in [5.41, 5.74) is -0.412. The molecular weight excluding hydrogens is 285 g/mol. The van der Waals surface area contributed by atoms with E-state index in [1.807, 2.05) is 6.92 Å². The van der Waals surface area contributed by atoms with Crippen molar-refractivity contribution < 1.29 is 27.4 Å². The van der Waals surface area contributed by atoms with Crippen LogP contribution in [0.3, 0.4) is 0 Å². The van der Waals surface area contributed by atoms with E-state index in [1.165, 1.54) is 19.3 Å². The van der Waals surface area contributed by atoms with Gasteiger partial charge in [0.1, 0.15) is 5.75 Å². The van der Waals surface area contributed by atoms with Gasteiger partial charge in [0, 0.05) is 11.6 Å². The van der Waals surface area contributed by atoms with Gasteiger partial charge in [0.2, 0.25) is 0 Å². The number of hydrogen-bond donors (Lipinski definition) is 0. The van der Waals surface area contributed by atoms with E-state index in [1.54, 1.807) is 6.92 Å². The van der Waals surface area contributed by atoms with Crippen molar-refractivity contribution in [3.63, 3.8) is 0 Å². The van der Waals surface area contributed by atoms with Crippen LogP contribution in [0.1, 0.15) is 31.4 Å². The van der Waals surface area contributed by atoms with Gasteiger partial charge in [-0.3, -0.25) is 0 Å². The standard InChI is InChI=1S/C15H17F3O3/c1-4-10(2)21-13-9-12(15(16,17)18)7-5-11(13)6-8-14(19)20-3/h5-10H,4H2,1-3H3. The van der Waals surface area contributed by atoms with Gasteiger partial charge < -0.3 is 9.47 Å². The van der Waals surface area contributed by atoms with Crippen molar-refractivity contribution in [3.05, 3.63) is 35.4 Å². The molecule has 0 aliphatic heterocycles. The number of ether oxygens (including phenoxy) is 2. The van der Waals surface area contributed by atoms with Gasteiger partial charge >= 0.3 is 12.1 Å². The molecule has 0 N–H and O–H groups in total. The molecule has 1 atom stereocenters. The van der Waals surface area contributed by atoms with Crippen LogP contribution in [0.15, 0.2) is 24.3 Å². The van der Waals surface area contributed by atoms with E-state index in [9.17, 15) is 18.0 Å². The third kappa shape index (κ3) is 5.13. The van der Waals surface area contributed by atoms with Gasteiger partial charge in [-0.1, -0.05) is 13.0 Å². The maximum absolute atomic E-state index is 12.7. The zero-order chi connectivity index (χ0) is 16.0. The third-order valence-electron chi connectivity index (χ3n) is 2.84. The Kier molecular flexibility index (Phi) is 5.81. The summed E-state index contributed by atoms with van der Waals surface area (Å²) in [7, 11) is 1.22. The number of halogens is 3. The van der Waals surface area contributed by atoms with Crippen LogP contribution in [0.2, 0.25) is 0 Å². The first-order valence-electron chi connectivity index (χ1n) is 6.41. The van der Waals surface area contributed by atoms with E-state index in [2.05, 4.69) is 4.74 Å². The summed E-state index contributed by atoms with van der Waals surface area (Å²) in [6.07, 6.45) is -1.54. The Morgan fingerprint density at radius 2 is 2.05 bits per heavy atom. The summed E-state index contributed by atoms with van der Waals surface area (Å²) in [5.74, 6) is -0.510. The van der Waals surface area contributed by atoms with Crippen LogP contribution in [-0.4, -0.2) is 19.2 Å². The Balaban J connectivity index is 3.17. The molecule has 116 valence electrons. The Hall–Kier alpha value is -1.98. The molecule has 0 spiro atoms. The molecule has 21 heavy (non-hydrogen) atoms. The van der Waals surface area contributed by atoms with E-state index >= 15 is 0 Å². The number of esters is 1. The Labute approximate surface area is 121 Å². The zero-order valence-electron chi connectivity index (χ0n) is 12.0. The predicted molar refractivity (Wildman–Crippen MR) is 72.9 cm³/mol. The summed E-state index contributed by atoms with van der Waals surface area (Å²) < 4.78 is 48.2. The highest BCUT2D eigenvalue weighted by Crippen LogP contribution is 2.34. The smallest absolute Gasteiger partial charge is 0.416 e. The van der Waals surface area contributed by atoms with Crippen LogP contribution in [0.5, 0.6) is 5.75 Å². The minimum atomic E-state index is -4.45. The average molecular weight is 302 g/mol. The van der Waals surface area contributed by atoms with Gasteiger partial charge in [-0.25, -0.2) is 4.79 Å². The SMILES string of the molecule is CCC(C)Oc1cc(C(F)(F)F)ccc1C=CC(=O)OC. The van der Waals surface area contributed by atoms with E-state index < -0.39 is 17.7 Å². The van der Waals surface area contributed by atoms with E-state index in [0.29, 0.717) is 12.0 Å². The van der Waals surface area contributed by atoms with Crippen molar-refractivity contribution >= 4 is 12.0 Å². The van der Waals surface area contributed by atoms with Crippen LogP contribution in [-0.2, 0) is 15.7 Å². The second-order valence-electron chi connectivity index (χ2n) is 4.44. The van der Waals surface area contributed by atoms with Crippen LogP contribution in [0, 0.1) is 0 Å². The molecule has 0 amide bonds. The summed E-state index contributed by atoms with van der Waals surface area (Å²) >= 11 is 0. The molecule has 3 nitrogen and oxygen atoms in total. The molecule has 0 heterocycles. The molecule has 0 aromatic heterocycles. The van der Waals surface area contributed by atoms with E-state index in [-0.39, 0.29) is 11.9 Å². The van der Waals surface area contributed by atoms with Crippen LogP contribution in [0.4, 0.5) is 13.2 Å². The van der Waals surface area contributed by atoms with Crippen molar-refractivity contribution in [1.29, 1.82) is 0 Å². The monoisotopic (exact) mass is 302 g/mol. The number of rotatable bonds is 5. The summed E-state index contributed by atoms with van der Waals surface area (Å²) in [6, 6.07) is 3.14. The second kappa shape index (κ2) is 7.15. The van der Waals surface area contributed by atoms with Gasteiger partial charge in [0.25, 0.3) is 0 Å². The lowest BCUT2D eigenvalue weighted by atomic mass is 10.1. The lowest BCUT2D eigenvalue weighted by Crippen LogP contribution is -2.12.